The molecule has 4 saturated carbocycles. The van der Waals surface area contributed by atoms with Crippen LogP contribution in [0.2, 0.25) is 0 Å². The number of methoxy groups -OCH3 is 6. The molecule has 0 radical (unpaired) electrons. The third-order valence-electron chi connectivity index (χ3n) is 29.4. The number of imidazole rings is 4. The van der Waals surface area contributed by atoms with Gasteiger partial charge in [-0.25, -0.2) is 39.1 Å². The van der Waals surface area contributed by atoms with Crippen molar-refractivity contribution in [3.8, 4) is 67.3 Å². The van der Waals surface area contributed by atoms with Crippen molar-refractivity contribution in [1.29, 1.82) is 0 Å². The summed E-state index contributed by atoms with van der Waals surface area (Å²) in [6.07, 6.45) is 17.0. The van der Waals surface area contributed by atoms with Crippen LogP contribution < -0.4 is 16.0 Å². The van der Waals surface area contributed by atoms with Crippen molar-refractivity contribution in [2.45, 2.75) is 231 Å². The number of hydrogen-bond acceptors (Lipinski definition) is 20. The number of esters is 1. The summed E-state index contributed by atoms with van der Waals surface area (Å²) in [7, 11) is 8.06. The Morgan fingerprint density at radius 2 is 0.787 bits per heavy atom. The molecule has 18 rings (SSSR count). The van der Waals surface area contributed by atoms with Crippen molar-refractivity contribution in [3.63, 3.8) is 0 Å². The van der Waals surface area contributed by atoms with Crippen LogP contribution in [0.4, 0.5) is 19.2 Å². The van der Waals surface area contributed by atoms with Gasteiger partial charge in [-0.15, -0.1) is 0 Å². The number of carbonyl (C=O) groups excluding carboxylic acids is 8. The summed E-state index contributed by atoms with van der Waals surface area (Å²) < 4.78 is 35.4. The van der Waals surface area contributed by atoms with E-state index >= 15 is 0 Å². The molecule has 4 aliphatic carbocycles. The van der Waals surface area contributed by atoms with Crippen molar-refractivity contribution < 1.29 is 81.4 Å². The third kappa shape index (κ3) is 20.2. The Balaban J connectivity index is 0.000000173. The molecule has 7 amide bonds. The highest BCUT2D eigenvalue weighted by Gasteiger charge is 2.59. The Morgan fingerprint density at radius 1 is 0.434 bits per heavy atom. The number of H-pyrrole nitrogens is 4. The first-order valence-corrected chi connectivity index (χ1v) is 47.2. The first-order valence-electron chi connectivity index (χ1n) is 47.2. The number of alkyl carbamates (subject to hydrolysis) is 3. The van der Waals surface area contributed by atoms with E-state index in [1.807, 2.05) is 92.9 Å². The summed E-state index contributed by atoms with van der Waals surface area (Å²) in [6.45, 7) is 21.6. The fourth-order valence-corrected chi connectivity index (χ4v) is 20.9. The lowest BCUT2D eigenvalue weighted by molar-refractivity contribution is -0.160. The van der Waals surface area contributed by atoms with Crippen molar-refractivity contribution in [2.24, 2.45) is 40.4 Å². The third-order valence-corrected chi connectivity index (χ3v) is 29.4. The first kappa shape index (κ1) is 96.2. The zero-order chi connectivity index (χ0) is 96.9. The molecule has 10 aromatic rings. The molecule has 4 saturated heterocycles. The maximum absolute atomic E-state index is 14.3. The Morgan fingerprint density at radius 3 is 1.16 bits per heavy atom. The number of hydrogen-bond donors (Lipinski definition) is 8. The number of amides is 7. The minimum absolute atomic E-state index is 0.0566. The van der Waals surface area contributed by atoms with Crippen molar-refractivity contribution >= 4 is 75.6 Å². The van der Waals surface area contributed by atoms with Gasteiger partial charge >= 0.3 is 36.3 Å². The number of ether oxygens (including phenoxy) is 7. The molecule has 4 bridgehead atoms. The topological polar surface area (TPSA) is 402 Å². The van der Waals surface area contributed by atoms with Gasteiger partial charge in [-0.05, 0) is 239 Å². The first-order chi connectivity index (χ1) is 64.8. The predicted molar refractivity (Wildman–Crippen MR) is 511 cm³/mol. The quantitative estimate of drug-likeness (QED) is 0.0195. The van der Waals surface area contributed by atoms with Gasteiger partial charge in [0, 0.05) is 50.5 Å². The Hall–Kier alpha value is -13.0. The molecule has 4 aliphatic heterocycles. The Kier molecular flexibility index (Phi) is 27.3. The molecule has 12 atom stereocenters. The zero-order valence-corrected chi connectivity index (χ0v) is 80.6. The van der Waals surface area contributed by atoms with Crippen LogP contribution in [-0.4, -0.2) is 221 Å². The number of aliphatic carboxylic acids is 1. The maximum Gasteiger partial charge on any atom is 0.411 e. The molecular weight excluding hydrogens is 1730 g/mol. The van der Waals surface area contributed by atoms with Crippen LogP contribution in [0.25, 0.3) is 88.8 Å². The largest absolute Gasteiger partial charge is 0.481 e. The molecule has 0 unspecified atom stereocenters. The SMILES string of the molecule is COC(=O)C[C@H](C(=O)O)C(C)(C)OC.COC(=O)N[C@H](C(=O)N1CC2(CC2)C[C@H]1c1ncc(-c2ccc3cc(-c4ccc(-c5cnc([C@@H]6[C@H]7CC[C@H](C7)N6C(=O)OC(C)(C)C)[nH]5)cc4)ccc3c2)[nH]1)C(C)C.COC(=O)N[C@H](C(=O)N1CC2(CC2)C[C@H]1c1ncc(-c2ccc3cc(-c4ccc(-c5cnc([C@@H]6[C@H]7CC[C@H](C7)N6C(=O)[C@@H](NC(=O)OC)C(C)(C)OC)[nH]5)cc4)ccc3c2)[nH]1)C(C)C. The number of aromatic amines is 4. The van der Waals surface area contributed by atoms with E-state index in [0.29, 0.717) is 19.0 Å². The molecule has 4 aromatic heterocycles. The second kappa shape index (κ2) is 38.7. The van der Waals surface area contributed by atoms with E-state index in [9.17, 15) is 43.2 Å². The van der Waals surface area contributed by atoms with E-state index < -0.39 is 71.1 Å². The Labute approximate surface area is 792 Å². The molecule has 32 heteroatoms. The summed E-state index contributed by atoms with van der Waals surface area (Å²) >= 11 is 0. The van der Waals surface area contributed by atoms with Crippen LogP contribution in [0, 0.1) is 40.4 Å². The number of carboxylic acids is 1. The highest BCUT2D eigenvalue weighted by atomic mass is 16.6. The average molecular weight is 1860 g/mol. The standard InChI is InChI=1S/C49H58N8O7.C46H53N7O5.C9H16O5/c1-27(2)39(54-46(60)62-5)44(58)56-26-49(18-19-49)23-38(56)42-50-25-37(52-42)33-15-14-31-20-30(12-13-32(31)21-33)28-8-10-29(11-9-28)36-24-51-43(53-36)40-34-16-17-35(22-34)57(40)45(59)41(48(3,4)64-7)55-47(61)63-6;1-26(2)38(51-43(55)57-6)42(54)52-25-46(17-18-46)22-37(52)40-47-24-36(49-40)32-14-13-30-19-29(11-12-31(30)20-32)27-7-9-28(10-8-27)35-23-48-41(50-35)39-33-15-16-34(21-33)53(39)44(56)58-45(3,4)5;1-9(2,14-4)6(8(11)12)5-7(10)13-3/h8-15,20-21,24-25,27,34-35,38-41H,16-19,22-23,26H2,1-7H3,(H,50,52)(H,51,53)(H,54,60)(H,55,61);7-14,19-20,23-24,26,33-34,37-39H,15-18,21-22,25H2,1-6H3,(H,47,49)(H,48,50)(H,51,55);6H,5H2,1-4H3,(H,11,12)/t34-,35+,38-,39-,40-,41+;33-,34+,37-,38-,39-;6-/m001/s1. The number of carboxylic acid groups (broad SMARTS) is 1. The van der Waals surface area contributed by atoms with E-state index in [-0.39, 0.29) is 95.1 Å². The van der Waals surface area contributed by atoms with Crippen LogP contribution in [0.5, 0.6) is 0 Å². The van der Waals surface area contributed by atoms with Crippen LogP contribution in [0.15, 0.2) is 146 Å². The molecule has 8 fully saturated rings. The summed E-state index contributed by atoms with van der Waals surface area (Å²) in [5.41, 5.74) is 9.84. The van der Waals surface area contributed by atoms with Gasteiger partial charge in [0.05, 0.1) is 124 Å². The van der Waals surface area contributed by atoms with Gasteiger partial charge in [-0.1, -0.05) is 125 Å². The highest BCUT2D eigenvalue weighted by Crippen LogP contribution is 2.60. The van der Waals surface area contributed by atoms with E-state index in [0.717, 1.165) is 189 Å². The molecular formula is C104H127N15O17. The fraction of sp³-hybridized carbons (Fsp3) is 0.490. The molecule has 8 N–H and O–H groups in total. The van der Waals surface area contributed by atoms with Gasteiger partial charge < -0.3 is 88.9 Å². The Bertz CT molecular complexity index is 6120. The lowest BCUT2D eigenvalue weighted by atomic mass is 9.88. The van der Waals surface area contributed by atoms with Crippen molar-refractivity contribution in [1.82, 2.24) is 75.4 Å². The van der Waals surface area contributed by atoms with Crippen LogP contribution in [0.3, 0.4) is 0 Å². The average Bonchev–Trinajstić information content (AvgIpc) is 1.59. The predicted octanol–water partition coefficient (Wildman–Crippen LogP) is 17.8. The van der Waals surface area contributed by atoms with E-state index in [2.05, 4.69) is 162 Å². The lowest BCUT2D eigenvalue weighted by Crippen LogP contribution is -2.60. The number of aromatic nitrogens is 8. The second-order valence-corrected chi connectivity index (χ2v) is 40.9. The number of fused-ring (bicyclic) bond motifs is 6. The summed E-state index contributed by atoms with van der Waals surface area (Å²) in [5.74, 6) is 0.584. The van der Waals surface area contributed by atoms with Crippen molar-refractivity contribution in [3.05, 3.63) is 169 Å². The lowest BCUT2D eigenvalue weighted by Gasteiger charge is -2.40. The fourth-order valence-electron chi connectivity index (χ4n) is 20.9. The van der Waals surface area contributed by atoms with Gasteiger partial charge in [0.2, 0.25) is 17.7 Å². The van der Waals surface area contributed by atoms with Gasteiger partial charge in [0.1, 0.15) is 47.0 Å². The smallest absolute Gasteiger partial charge is 0.411 e. The van der Waals surface area contributed by atoms with Gasteiger partial charge in [-0.2, -0.15) is 0 Å². The van der Waals surface area contributed by atoms with Crippen LogP contribution in [-0.2, 0) is 57.1 Å². The molecule has 136 heavy (non-hydrogen) atoms. The van der Waals surface area contributed by atoms with Gasteiger partial charge in [0.25, 0.3) is 0 Å². The summed E-state index contributed by atoms with van der Waals surface area (Å²) in [4.78, 5) is 155. The van der Waals surface area contributed by atoms with Crippen LogP contribution >= 0.6 is 0 Å². The number of nitrogens with zero attached hydrogens (tertiary/aromatic N) is 8. The summed E-state index contributed by atoms with van der Waals surface area (Å²) in [5, 5.41) is 21.6. The highest BCUT2D eigenvalue weighted by molar-refractivity contribution is 5.94. The maximum atomic E-state index is 14.3. The number of benzene rings is 6. The van der Waals surface area contributed by atoms with E-state index in [1.165, 1.54) is 42.7 Å². The number of piperidine rings is 2. The van der Waals surface area contributed by atoms with Gasteiger partial charge in [-0.3, -0.25) is 28.9 Å². The van der Waals surface area contributed by atoms with E-state index in [4.69, 9.17) is 53.5 Å². The van der Waals surface area contributed by atoms with Gasteiger partial charge in [0.15, 0.2) is 0 Å². The molecule has 32 nitrogen and oxygen atoms in total. The van der Waals surface area contributed by atoms with Crippen LogP contribution in [0.1, 0.15) is 207 Å². The van der Waals surface area contributed by atoms with E-state index in [1.54, 1.807) is 27.7 Å². The zero-order valence-electron chi connectivity index (χ0n) is 80.6. The molecule has 6 aromatic carbocycles. The number of carbonyl (C=O) groups is 9. The molecule has 8 aliphatic rings. The number of nitrogens with one attached hydrogen (secondary N) is 7. The number of likely N-dealkylation sites (tertiary alicyclic amines) is 4. The minimum Gasteiger partial charge on any atom is -0.481 e. The van der Waals surface area contributed by atoms with Crippen molar-refractivity contribution in [2.75, 3.05) is 55.7 Å². The molecule has 720 valence electrons. The monoisotopic (exact) mass is 1860 g/mol. The normalized spacial score (nSPS) is 21.3. The molecule has 2 spiro atoms. The minimum atomic E-state index is -1.07. The summed E-state index contributed by atoms with van der Waals surface area (Å²) in [6, 6.07) is 39.9. The molecule has 8 heterocycles. The number of rotatable bonds is 25. The second-order valence-electron chi connectivity index (χ2n) is 40.9.